The average molecular weight is 249 g/mol. The number of rotatable bonds is 5. The second-order valence-corrected chi connectivity index (χ2v) is 5.22. The Morgan fingerprint density at radius 2 is 2.28 bits per heavy atom. The molecule has 0 saturated carbocycles. The topological polar surface area (TPSA) is 41.5 Å². The van der Waals surface area contributed by atoms with Crippen LogP contribution in [-0.4, -0.2) is 24.9 Å². The summed E-state index contributed by atoms with van der Waals surface area (Å²) in [6, 6.07) is 6.57. The third-order valence-corrected chi connectivity index (χ3v) is 4.06. The van der Waals surface area contributed by atoms with Gasteiger partial charge in [0.1, 0.15) is 5.75 Å². The number of aliphatic hydroxyl groups excluding tert-OH is 1. The smallest absolute Gasteiger partial charge is 0.119 e. The Kier molecular flexibility index (Phi) is 3.93. The number of methoxy groups -OCH3 is 1. The summed E-state index contributed by atoms with van der Waals surface area (Å²) in [5, 5.41) is 13.5. The predicted octanol–water partition coefficient (Wildman–Crippen LogP) is 2.22. The van der Waals surface area contributed by atoms with Crippen LogP contribution in [-0.2, 0) is 12.0 Å². The first kappa shape index (κ1) is 13.4. The van der Waals surface area contributed by atoms with E-state index >= 15 is 0 Å². The summed E-state index contributed by atoms with van der Waals surface area (Å²) >= 11 is 0. The molecule has 0 heterocycles. The minimum absolute atomic E-state index is 0.136. The van der Waals surface area contributed by atoms with Gasteiger partial charge in [-0.05, 0) is 49.4 Å². The van der Waals surface area contributed by atoms with E-state index < -0.39 is 0 Å². The minimum atomic E-state index is -0.292. The number of hydrogen-bond acceptors (Lipinski definition) is 3. The van der Waals surface area contributed by atoms with Crippen LogP contribution in [0.15, 0.2) is 18.2 Å². The van der Waals surface area contributed by atoms with Gasteiger partial charge in [-0.2, -0.15) is 0 Å². The fraction of sp³-hybridized carbons (Fsp3) is 0.600. The van der Waals surface area contributed by atoms with Gasteiger partial charge in [-0.3, -0.25) is 0 Å². The minimum Gasteiger partial charge on any atom is -0.497 e. The SMILES string of the molecule is CCC(C)NC1(CO)CCc2ccc(OC)cc21. The Hall–Kier alpha value is -1.06. The van der Waals surface area contributed by atoms with Crippen molar-refractivity contribution >= 4 is 0 Å². The highest BCUT2D eigenvalue weighted by Crippen LogP contribution is 2.39. The molecular formula is C15H23NO2. The lowest BCUT2D eigenvalue weighted by atomic mass is 9.91. The highest BCUT2D eigenvalue weighted by molar-refractivity contribution is 5.44. The van der Waals surface area contributed by atoms with Crippen molar-refractivity contribution in [2.24, 2.45) is 0 Å². The van der Waals surface area contributed by atoms with Crippen molar-refractivity contribution in [2.45, 2.75) is 44.7 Å². The molecule has 1 aromatic carbocycles. The van der Waals surface area contributed by atoms with Gasteiger partial charge in [0.25, 0.3) is 0 Å². The molecule has 2 N–H and O–H groups in total. The monoisotopic (exact) mass is 249 g/mol. The lowest BCUT2D eigenvalue weighted by Crippen LogP contribution is -2.48. The highest BCUT2D eigenvalue weighted by Gasteiger charge is 2.39. The molecule has 0 aromatic heterocycles. The number of aliphatic hydroxyl groups is 1. The Bertz CT molecular complexity index is 419. The molecule has 2 rings (SSSR count). The van der Waals surface area contributed by atoms with Crippen LogP contribution in [0.2, 0.25) is 0 Å². The summed E-state index contributed by atoms with van der Waals surface area (Å²) in [7, 11) is 1.68. The molecule has 2 atom stereocenters. The molecule has 0 spiro atoms. The van der Waals surface area contributed by atoms with Crippen LogP contribution in [0.4, 0.5) is 0 Å². The summed E-state index contributed by atoms with van der Waals surface area (Å²) in [5.41, 5.74) is 2.23. The fourth-order valence-electron chi connectivity index (χ4n) is 2.76. The third kappa shape index (κ3) is 2.25. The number of nitrogens with one attached hydrogen (secondary N) is 1. The Balaban J connectivity index is 2.36. The summed E-state index contributed by atoms with van der Waals surface area (Å²) in [5.74, 6) is 0.861. The summed E-state index contributed by atoms with van der Waals surface area (Å²) in [6.45, 7) is 4.46. The van der Waals surface area contributed by atoms with Crippen LogP contribution in [0.3, 0.4) is 0 Å². The highest BCUT2D eigenvalue weighted by atomic mass is 16.5. The van der Waals surface area contributed by atoms with Crippen molar-refractivity contribution in [3.63, 3.8) is 0 Å². The van der Waals surface area contributed by atoms with E-state index in [9.17, 15) is 5.11 Å². The lowest BCUT2D eigenvalue weighted by molar-refractivity contribution is 0.147. The number of aryl methyl sites for hydroxylation is 1. The maximum absolute atomic E-state index is 9.87. The number of hydrogen-bond donors (Lipinski definition) is 2. The van der Waals surface area contributed by atoms with Crippen LogP contribution in [0.25, 0.3) is 0 Å². The summed E-state index contributed by atoms with van der Waals surface area (Å²) in [6.07, 6.45) is 3.03. The molecule has 0 aliphatic heterocycles. The van der Waals surface area contributed by atoms with Crippen LogP contribution >= 0.6 is 0 Å². The number of fused-ring (bicyclic) bond motifs is 1. The van der Waals surface area contributed by atoms with Crippen molar-refractivity contribution in [1.29, 1.82) is 0 Å². The van der Waals surface area contributed by atoms with E-state index in [-0.39, 0.29) is 12.1 Å². The first-order valence-corrected chi connectivity index (χ1v) is 6.71. The second-order valence-electron chi connectivity index (χ2n) is 5.22. The summed E-state index contributed by atoms with van der Waals surface area (Å²) in [4.78, 5) is 0. The maximum Gasteiger partial charge on any atom is 0.119 e. The van der Waals surface area contributed by atoms with E-state index in [1.54, 1.807) is 7.11 Å². The van der Waals surface area contributed by atoms with Crippen LogP contribution in [0.5, 0.6) is 5.75 Å². The van der Waals surface area contributed by atoms with Crippen LogP contribution in [0, 0.1) is 0 Å². The fourth-order valence-corrected chi connectivity index (χ4v) is 2.76. The predicted molar refractivity (Wildman–Crippen MR) is 73.0 cm³/mol. The molecule has 18 heavy (non-hydrogen) atoms. The van der Waals surface area contributed by atoms with E-state index in [0.29, 0.717) is 6.04 Å². The molecule has 1 aliphatic carbocycles. The molecule has 0 fully saturated rings. The van der Waals surface area contributed by atoms with E-state index in [1.807, 2.05) is 6.07 Å². The largest absolute Gasteiger partial charge is 0.497 e. The van der Waals surface area contributed by atoms with Gasteiger partial charge in [-0.25, -0.2) is 0 Å². The van der Waals surface area contributed by atoms with Gasteiger partial charge >= 0.3 is 0 Å². The normalized spacial score (nSPS) is 23.8. The molecule has 3 nitrogen and oxygen atoms in total. The van der Waals surface area contributed by atoms with Gasteiger partial charge in [-0.15, -0.1) is 0 Å². The molecule has 0 amide bonds. The Morgan fingerprint density at radius 1 is 1.50 bits per heavy atom. The van der Waals surface area contributed by atoms with E-state index in [1.165, 1.54) is 11.1 Å². The number of benzene rings is 1. The zero-order chi connectivity index (χ0) is 13.2. The van der Waals surface area contributed by atoms with E-state index in [0.717, 1.165) is 25.0 Å². The molecule has 3 heteroatoms. The molecule has 1 aromatic rings. The third-order valence-electron chi connectivity index (χ3n) is 4.06. The lowest BCUT2D eigenvalue weighted by Gasteiger charge is -2.33. The van der Waals surface area contributed by atoms with Gasteiger partial charge in [0, 0.05) is 6.04 Å². The van der Waals surface area contributed by atoms with Gasteiger partial charge in [-0.1, -0.05) is 13.0 Å². The van der Waals surface area contributed by atoms with Gasteiger partial charge in [0.2, 0.25) is 0 Å². The zero-order valence-corrected chi connectivity index (χ0v) is 11.5. The van der Waals surface area contributed by atoms with Crippen LogP contribution < -0.4 is 10.1 Å². The molecule has 100 valence electrons. The quantitative estimate of drug-likeness (QED) is 0.840. The molecular weight excluding hydrogens is 226 g/mol. The standard InChI is InChI=1S/C15H23NO2/c1-4-11(2)16-15(10-17)8-7-12-5-6-13(18-3)9-14(12)15/h5-6,9,11,16-17H,4,7-8,10H2,1-3H3. The molecule has 0 saturated heterocycles. The number of ether oxygens (including phenoxy) is 1. The van der Waals surface area contributed by atoms with Gasteiger partial charge in [0.15, 0.2) is 0 Å². The first-order valence-electron chi connectivity index (χ1n) is 6.71. The van der Waals surface area contributed by atoms with Crippen molar-refractivity contribution in [3.05, 3.63) is 29.3 Å². The van der Waals surface area contributed by atoms with Crippen molar-refractivity contribution in [2.75, 3.05) is 13.7 Å². The molecule has 2 unspecified atom stereocenters. The van der Waals surface area contributed by atoms with E-state index in [2.05, 4.69) is 31.3 Å². The van der Waals surface area contributed by atoms with E-state index in [4.69, 9.17) is 4.74 Å². The van der Waals surface area contributed by atoms with Crippen molar-refractivity contribution in [1.82, 2.24) is 5.32 Å². The second kappa shape index (κ2) is 5.29. The van der Waals surface area contributed by atoms with Gasteiger partial charge in [0.05, 0.1) is 19.3 Å². The first-order chi connectivity index (χ1) is 8.65. The zero-order valence-electron chi connectivity index (χ0n) is 11.5. The Morgan fingerprint density at radius 3 is 2.89 bits per heavy atom. The molecule has 1 aliphatic rings. The van der Waals surface area contributed by atoms with Crippen LogP contribution in [0.1, 0.15) is 37.8 Å². The molecule has 0 radical (unpaired) electrons. The average Bonchev–Trinajstić information content (AvgIpc) is 2.77. The van der Waals surface area contributed by atoms with Crippen molar-refractivity contribution in [3.8, 4) is 5.75 Å². The van der Waals surface area contributed by atoms with Crippen molar-refractivity contribution < 1.29 is 9.84 Å². The molecule has 0 bridgehead atoms. The summed E-state index contributed by atoms with van der Waals surface area (Å²) < 4.78 is 5.30. The van der Waals surface area contributed by atoms with Gasteiger partial charge < -0.3 is 15.2 Å². The maximum atomic E-state index is 9.87. The Labute approximate surface area is 109 Å².